The van der Waals surface area contributed by atoms with Gasteiger partial charge >= 0.3 is 0 Å². The van der Waals surface area contributed by atoms with E-state index in [1.807, 2.05) is 19.9 Å². The molecule has 1 aliphatic rings. The quantitative estimate of drug-likeness (QED) is 0.606. The molecule has 1 aliphatic heterocycles. The van der Waals surface area contributed by atoms with E-state index in [9.17, 15) is 0 Å². The zero-order valence-electron chi connectivity index (χ0n) is 15.2. The maximum atomic E-state index is 6.14. The van der Waals surface area contributed by atoms with Gasteiger partial charge in [-0.3, -0.25) is 0 Å². The Labute approximate surface area is 142 Å². The number of nitrogen functional groups attached to an aromatic ring is 1. The molecule has 1 aromatic rings. The summed E-state index contributed by atoms with van der Waals surface area (Å²) < 4.78 is 0. The fourth-order valence-electron chi connectivity index (χ4n) is 2.96. The van der Waals surface area contributed by atoms with E-state index >= 15 is 0 Å². The monoisotopic (exact) mass is 312 g/mol. The number of benzene rings is 1. The van der Waals surface area contributed by atoms with E-state index in [0.29, 0.717) is 0 Å². The predicted molar refractivity (Wildman–Crippen MR) is 105 cm³/mol. The molecule has 0 spiro atoms. The summed E-state index contributed by atoms with van der Waals surface area (Å²) in [5.74, 6) is 0. The lowest BCUT2D eigenvalue weighted by Crippen LogP contribution is -2.19. The number of anilines is 1. The number of rotatable bonds is 3. The van der Waals surface area contributed by atoms with Gasteiger partial charge in [0.25, 0.3) is 0 Å². The molecule has 2 bridgehead atoms. The maximum absolute atomic E-state index is 6.14. The molecule has 0 aromatic heterocycles. The second-order valence-electron chi connectivity index (χ2n) is 5.54. The molecule has 0 unspecified atom stereocenters. The van der Waals surface area contributed by atoms with Gasteiger partial charge in [-0.15, -0.1) is 0 Å². The number of nitrogens with two attached hydrogens (primary N) is 1. The van der Waals surface area contributed by atoms with Crippen LogP contribution in [0.1, 0.15) is 50.3 Å². The molecular formula is C21H32N2. The second-order valence-corrected chi connectivity index (χ2v) is 5.54. The molecule has 0 fully saturated rings. The fourth-order valence-corrected chi connectivity index (χ4v) is 2.96. The smallest absolute Gasteiger partial charge is 0.0323 e. The van der Waals surface area contributed by atoms with Crippen LogP contribution < -0.4 is 11.1 Å². The molecule has 2 heteroatoms. The highest BCUT2D eigenvalue weighted by molar-refractivity contribution is 5.83. The normalized spacial score (nSPS) is 17.4. The van der Waals surface area contributed by atoms with E-state index < -0.39 is 0 Å². The molecular weight excluding hydrogens is 280 g/mol. The lowest BCUT2D eigenvalue weighted by atomic mass is 9.88. The molecule has 0 amide bonds. The Bertz CT molecular complexity index is 580. The van der Waals surface area contributed by atoms with Crippen molar-refractivity contribution in [1.82, 2.24) is 5.32 Å². The number of hydrogen-bond donors (Lipinski definition) is 2. The number of fused-ring (bicyclic) bond motifs is 2. The molecule has 0 atom stereocenters. The van der Waals surface area contributed by atoms with Crippen LogP contribution in [-0.2, 0) is 6.42 Å². The Morgan fingerprint density at radius 1 is 1.30 bits per heavy atom. The highest BCUT2D eigenvalue weighted by Crippen LogP contribution is 2.32. The largest absolute Gasteiger partial charge is 0.399 e. The molecule has 3 N–H and O–H groups in total. The van der Waals surface area contributed by atoms with Gasteiger partial charge in [-0.25, -0.2) is 0 Å². The minimum Gasteiger partial charge on any atom is -0.399 e. The summed E-state index contributed by atoms with van der Waals surface area (Å²) in [6, 6.07) is 4.23. The third-order valence-corrected chi connectivity index (χ3v) is 4.11. The summed E-state index contributed by atoms with van der Waals surface area (Å²) in [6.07, 6.45) is 9.39. The lowest BCUT2D eigenvalue weighted by Gasteiger charge is -2.19. The third-order valence-electron chi connectivity index (χ3n) is 4.11. The first kappa shape index (κ1) is 19.2. The first-order valence-corrected chi connectivity index (χ1v) is 8.79. The summed E-state index contributed by atoms with van der Waals surface area (Å²) >= 11 is 0. The van der Waals surface area contributed by atoms with E-state index in [4.69, 9.17) is 5.73 Å². The fraction of sp³-hybridized carbons (Fsp3) is 0.429. The third kappa shape index (κ3) is 5.11. The van der Waals surface area contributed by atoms with E-state index in [1.165, 1.54) is 27.8 Å². The maximum Gasteiger partial charge on any atom is 0.0323 e. The van der Waals surface area contributed by atoms with Crippen LogP contribution in [0.3, 0.4) is 0 Å². The summed E-state index contributed by atoms with van der Waals surface area (Å²) in [5.41, 5.74) is 13.6. The summed E-state index contributed by atoms with van der Waals surface area (Å²) in [7, 11) is 0. The van der Waals surface area contributed by atoms with E-state index in [0.717, 1.165) is 38.0 Å². The highest BCUT2D eigenvalue weighted by Gasteiger charge is 2.13. The van der Waals surface area contributed by atoms with Gasteiger partial charge in [-0.1, -0.05) is 45.6 Å². The minimum atomic E-state index is 0.853. The van der Waals surface area contributed by atoms with Crippen LogP contribution in [0.15, 0.2) is 42.5 Å². The molecule has 0 saturated carbocycles. The standard InChI is InChI=1S/C19H26N2.C2H6/c1-4-7-15(5-2)18-8-6-10-21-11-9-16-12-17(20)13-19(18)14(16)3;1-2/h4,7-8,12-13,21H,1,5-6,9-11,20H2,2-3H3;1-2H3/b15-7+,18-8-;. The van der Waals surface area contributed by atoms with Gasteiger partial charge in [-0.2, -0.15) is 0 Å². The van der Waals surface area contributed by atoms with Crippen molar-refractivity contribution in [3.8, 4) is 0 Å². The van der Waals surface area contributed by atoms with Crippen molar-refractivity contribution in [2.75, 3.05) is 18.8 Å². The van der Waals surface area contributed by atoms with Crippen LogP contribution in [0.4, 0.5) is 5.69 Å². The summed E-state index contributed by atoms with van der Waals surface area (Å²) in [5, 5.41) is 3.50. The van der Waals surface area contributed by atoms with Crippen molar-refractivity contribution < 1.29 is 0 Å². The lowest BCUT2D eigenvalue weighted by molar-refractivity contribution is 0.687. The van der Waals surface area contributed by atoms with Gasteiger partial charge in [0, 0.05) is 5.69 Å². The Morgan fingerprint density at radius 2 is 2.04 bits per heavy atom. The van der Waals surface area contributed by atoms with Gasteiger partial charge in [0.2, 0.25) is 0 Å². The Kier molecular flexibility index (Phi) is 8.42. The number of nitrogens with one attached hydrogen (secondary N) is 1. The van der Waals surface area contributed by atoms with Gasteiger partial charge in [0.05, 0.1) is 0 Å². The van der Waals surface area contributed by atoms with Crippen LogP contribution in [0, 0.1) is 6.92 Å². The van der Waals surface area contributed by atoms with Crippen LogP contribution in [0.25, 0.3) is 5.57 Å². The van der Waals surface area contributed by atoms with Crippen molar-refractivity contribution >= 4 is 11.3 Å². The van der Waals surface area contributed by atoms with Gasteiger partial charge in [0.1, 0.15) is 0 Å². The SMILES string of the molecule is C=C/C=C(CC)/C1=C/CCNCCc2cc(N)cc1c2C.CC. The topological polar surface area (TPSA) is 38.0 Å². The molecule has 23 heavy (non-hydrogen) atoms. The van der Waals surface area contributed by atoms with Crippen molar-refractivity contribution in [3.63, 3.8) is 0 Å². The Hall–Kier alpha value is -1.80. The molecule has 126 valence electrons. The molecule has 0 saturated heterocycles. The summed E-state index contributed by atoms with van der Waals surface area (Å²) in [4.78, 5) is 0. The van der Waals surface area contributed by atoms with Crippen molar-refractivity contribution in [2.45, 2.75) is 47.0 Å². The van der Waals surface area contributed by atoms with Crippen LogP contribution >= 0.6 is 0 Å². The van der Waals surface area contributed by atoms with Crippen LogP contribution in [0.2, 0.25) is 0 Å². The minimum absolute atomic E-state index is 0.853. The average molecular weight is 313 g/mol. The van der Waals surface area contributed by atoms with E-state index in [1.54, 1.807) is 0 Å². The number of allylic oxidation sites excluding steroid dienone is 4. The average Bonchev–Trinajstić information content (AvgIpc) is 2.56. The number of hydrogen-bond acceptors (Lipinski definition) is 2. The van der Waals surface area contributed by atoms with Gasteiger partial charge in [0.15, 0.2) is 0 Å². The second kappa shape index (κ2) is 10.1. The predicted octanol–water partition coefficient (Wildman–Crippen LogP) is 5.05. The molecule has 2 nitrogen and oxygen atoms in total. The van der Waals surface area contributed by atoms with Crippen LogP contribution in [0.5, 0.6) is 0 Å². The zero-order valence-corrected chi connectivity index (χ0v) is 15.2. The van der Waals surface area contributed by atoms with Crippen molar-refractivity contribution in [2.24, 2.45) is 0 Å². The summed E-state index contributed by atoms with van der Waals surface area (Å²) in [6.45, 7) is 14.3. The van der Waals surface area contributed by atoms with Crippen LogP contribution in [-0.4, -0.2) is 13.1 Å². The zero-order chi connectivity index (χ0) is 17.2. The molecule has 1 heterocycles. The van der Waals surface area contributed by atoms with E-state index in [2.05, 4.69) is 50.0 Å². The molecule has 0 radical (unpaired) electrons. The molecule has 1 aromatic carbocycles. The van der Waals surface area contributed by atoms with E-state index in [-0.39, 0.29) is 0 Å². The van der Waals surface area contributed by atoms with Crippen molar-refractivity contribution in [1.29, 1.82) is 0 Å². The van der Waals surface area contributed by atoms with Gasteiger partial charge in [-0.05, 0) is 79.2 Å². The van der Waals surface area contributed by atoms with Gasteiger partial charge < -0.3 is 11.1 Å². The van der Waals surface area contributed by atoms with Crippen molar-refractivity contribution in [3.05, 3.63) is 59.2 Å². The first-order valence-electron chi connectivity index (χ1n) is 8.79. The Balaban J connectivity index is 0.00000127. The molecule has 2 rings (SSSR count). The Morgan fingerprint density at radius 3 is 2.70 bits per heavy atom. The first-order chi connectivity index (χ1) is 11.2. The highest BCUT2D eigenvalue weighted by atomic mass is 14.8. The molecule has 0 aliphatic carbocycles.